The molecule has 0 aliphatic carbocycles. The maximum Gasteiger partial charge on any atom is 0.338 e. The molecule has 1 aromatic heterocycles. The first-order chi connectivity index (χ1) is 15.0. The molecule has 3 rings (SSSR count). The zero-order valence-electron chi connectivity index (χ0n) is 18.2. The Morgan fingerprint density at radius 1 is 1.12 bits per heavy atom. The van der Waals surface area contributed by atoms with Crippen molar-refractivity contribution in [3.8, 4) is 0 Å². The molecule has 1 fully saturated rings. The third-order valence-corrected chi connectivity index (χ3v) is 7.42. The van der Waals surface area contributed by atoms with Crippen molar-refractivity contribution >= 4 is 27.6 Å². The van der Waals surface area contributed by atoms with E-state index in [-0.39, 0.29) is 17.0 Å². The SMILES string of the molecule is CC(=O)c1c(C)[nH]c(C(=O)COC(=O)c2ccc(F)c(S(=O)(=O)N3CCCCC3)c2)c1C. The topological polar surface area (TPSA) is 114 Å². The van der Waals surface area contributed by atoms with E-state index in [1.54, 1.807) is 13.8 Å². The average molecular weight is 465 g/mol. The smallest absolute Gasteiger partial charge is 0.338 e. The van der Waals surface area contributed by atoms with E-state index >= 15 is 0 Å². The zero-order chi connectivity index (χ0) is 23.6. The van der Waals surface area contributed by atoms with Crippen molar-refractivity contribution in [1.29, 1.82) is 0 Å². The van der Waals surface area contributed by atoms with Crippen LogP contribution in [0.15, 0.2) is 23.1 Å². The van der Waals surface area contributed by atoms with E-state index in [4.69, 9.17) is 4.74 Å². The molecule has 32 heavy (non-hydrogen) atoms. The predicted octanol–water partition coefficient (Wildman–Crippen LogP) is 3.19. The van der Waals surface area contributed by atoms with Crippen LogP contribution in [0.5, 0.6) is 0 Å². The number of nitrogens with zero attached hydrogens (tertiary/aromatic N) is 1. The number of hydrogen-bond donors (Lipinski definition) is 1. The number of ketones is 2. The number of esters is 1. The van der Waals surface area contributed by atoms with Gasteiger partial charge in [0.2, 0.25) is 15.8 Å². The van der Waals surface area contributed by atoms with Crippen molar-refractivity contribution in [2.45, 2.75) is 44.9 Å². The minimum absolute atomic E-state index is 0.160. The van der Waals surface area contributed by atoms with Crippen molar-refractivity contribution in [2.24, 2.45) is 0 Å². The van der Waals surface area contributed by atoms with E-state index in [0.717, 1.165) is 24.6 Å². The summed E-state index contributed by atoms with van der Waals surface area (Å²) in [7, 11) is -4.09. The Balaban J connectivity index is 1.76. The molecular formula is C22H25FN2O6S. The number of piperidine rings is 1. The Bertz CT molecular complexity index is 1180. The molecule has 1 N–H and O–H groups in total. The van der Waals surface area contributed by atoms with Crippen LogP contribution in [0, 0.1) is 19.7 Å². The van der Waals surface area contributed by atoms with Crippen LogP contribution < -0.4 is 0 Å². The quantitative estimate of drug-likeness (QED) is 0.497. The fourth-order valence-corrected chi connectivity index (χ4v) is 5.52. The molecule has 0 radical (unpaired) electrons. The van der Waals surface area contributed by atoms with E-state index in [1.165, 1.54) is 11.2 Å². The second-order valence-corrected chi connectivity index (χ2v) is 9.70. The number of ether oxygens (including phenoxy) is 1. The monoisotopic (exact) mass is 464 g/mol. The van der Waals surface area contributed by atoms with Crippen molar-refractivity contribution in [2.75, 3.05) is 19.7 Å². The number of halogens is 1. The van der Waals surface area contributed by atoms with Crippen molar-refractivity contribution < 1.29 is 31.9 Å². The molecule has 10 heteroatoms. The molecule has 0 spiro atoms. The number of nitrogens with one attached hydrogen (secondary N) is 1. The predicted molar refractivity (Wildman–Crippen MR) is 114 cm³/mol. The molecular weight excluding hydrogens is 439 g/mol. The fourth-order valence-electron chi connectivity index (χ4n) is 3.92. The number of aromatic amines is 1. The first kappa shape index (κ1) is 23.8. The summed E-state index contributed by atoms with van der Waals surface area (Å²) >= 11 is 0. The maximum absolute atomic E-state index is 14.3. The highest BCUT2D eigenvalue weighted by molar-refractivity contribution is 7.89. The minimum atomic E-state index is -4.09. The van der Waals surface area contributed by atoms with Gasteiger partial charge in [0.25, 0.3) is 0 Å². The first-order valence-electron chi connectivity index (χ1n) is 10.2. The summed E-state index contributed by atoms with van der Waals surface area (Å²) in [5.74, 6) is -2.66. The van der Waals surface area contributed by atoms with Gasteiger partial charge in [-0.25, -0.2) is 17.6 Å². The third-order valence-electron chi connectivity index (χ3n) is 5.50. The second kappa shape index (κ2) is 9.33. The summed E-state index contributed by atoms with van der Waals surface area (Å²) in [4.78, 5) is 38.9. The molecule has 0 atom stereocenters. The van der Waals surface area contributed by atoms with Crippen molar-refractivity contribution in [3.05, 3.63) is 52.1 Å². The van der Waals surface area contributed by atoms with Crippen molar-refractivity contribution in [3.63, 3.8) is 0 Å². The first-order valence-corrected chi connectivity index (χ1v) is 11.7. The highest BCUT2D eigenvalue weighted by Crippen LogP contribution is 2.24. The van der Waals surface area contributed by atoms with E-state index < -0.39 is 39.1 Å². The largest absolute Gasteiger partial charge is 0.454 e. The van der Waals surface area contributed by atoms with Gasteiger partial charge in [-0.05, 0) is 57.4 Å². The van der Waals surface area contributed by atoms with E-state index in [0.29, 0.717) is 42.8 Å². The zero-order valence-corrected chi connectivity index (χ0v) is 19.0. The fraction of sp³-hybridized carbons (Fsp3) is 0.409. The van der Waals surface area contributed by atoms with Crippen LogP contribution in [0.4, 0.5) is 4.39 Å². The summed E-state index contributed by atoms with van der Waals surface area (Å²) in [6.07, 6.45) is 2.28. The Kier molecular flexibility index (Phi) is 6.94. The molecule has 0 bridgehead atoms. The Morgan fingerprint density at radius 3 is 2.38 bits per heavy atom. The lowest BCUT2D eigenvalue weighted by atomic mass is 10.1. The lowest BCUT2D eigenvalue weighted by Gasteiger charge is -2.26. The molecule has 0 amide bonds. The van der Waals surface area contributed by atoms with Crippen LogP contribution in [0.2, 0.25) is 0 Å². The highest BCUT2D eigenvalue weighted by atomic mass is 32.2. The molecule has 172 valence electrons. The second-order valence-electron chi connectivity index (χ2n) is 7.79. The number of rotatable bonds is 7. The van der Waals surface area contributed by atoms with Gasteiger partial charge in [0.1, 0.15) is 10.7 Å². The summed E-state index contributed by atoms with van der Waals surface area (Å²) in [6, 6.07) is 2.94. The number of aryl methyl sites for hydroxylation is 1. The molecule has 0 saturated carbocycles. The summed E-state index contributed by atoms with van der Waals surface area (Å²) in [6.45, 7) is 4.64. The minimum Gasteiger partial charge on any atom is -0.454 e. The molecule has 2 heterocycles. The Labute approximate surface area is 185 Å². The molecule has 0 unspecified atom stereocenters. The van der Waals surface area contributed by atoms with Crippen LogP contribution in [-0.2, 0) is 14.8 Å². The number of carbonyl (C=O) groups excluding carboxylic acids is 3. The molecule has 1 aliphatic rings. The van der Waals surface area contributed by atoms with Gasteiger partial charge in [0, 0.05) is 24.3 Å². The molecule has 1 saturated heterocycles. The standard InChI is InChI=1S/C22H25FN2O6S/c1-13-20(15(3)26)14(2)24-21(13)18(27)12-31-22(28)16-7-8-17(23)19(11-16)32(29,30)25-9-5-4-6-10-25/h7-8,11,24H,4-6,9-10,12H2,1-3H3. The van der Waals surface area contributed by atoms with Gasteiger partial charge in [0.15, 0.2) is 12.4 Å². The number of aromatic nitrogens is 1. The average Bonchev–Trinajstić information content (AvgIpc) is 3.06. The van der Waals surface area contributed by atoms with Crippen LogP contribution in [0.3, 0.4) is 0 Å². The van der Waals surface area contributed by atoms with Gasteiger partial charge in [-0.15, -0.1) is 0 Å². The summed E-state index contributed by atoms with van der Waals surface area (Å²) in [5, 5.41) is 0. The van der Waals surface area contributed by atoms with E-state index in [1.807, 2.05) is 0 Å². The van der Waals surface area contributed by atoms with Gasteiger partial charge < -0.3 is 9.72 Å². The van der Waals surface area contributed by atoms with E-state index in [2.05, 4.69) is 4.98 Å². The van der Waals surface area contributed by atoms with Gasteiger partial charge in [-0.2, -0.15) is 4.31 Å². The normalized spacial score (nSPS) is 14.9. The number of benzene rings is 1. The van der Waals surface area contributed by atoms with Gasteiger partial charge >= 0.3 is 5.97 Å². The van der Waals surface area contributed by atoms with Crippen LogP contribution in [0.25, 0.3) is 0 Å². The third kappa shape index (κ3) is 4.66. The molecule has 8 nitrogen and oxygen atoms in total. The van der Waals surface area contributed by atoms with Gasteiger partial charge in [-0.3, -0.25) is 9.59 Å². The number of sulfonamides is 1. The number of hydrogen-bond acceptors (Lipinski definition) is 6. The Hall–Kier alpha value is -2.85. The Morgan fingerprint density at radius 2 is 1.78 bits per heavy atom. The van der Waals surface area contributed by atoms with Crippen LogP contribution >= 0.6 is 0 Å². The number of carbonyl (C=O) groups is 3. The number of Topliss-reactive ketones (excluding diaryl/α,β-unsaturated/α-hetero) is 2. The maximum atomic E-state index is 14.3. The highest BCUT2D eigenvalue weighted by Gasteiger charge is 2.30. The lowest BCUT2D eigenvalue weighted by Crippen LogP contribution is -2.36. The van der Waals surface area contributed by atoms with E-state index in [9.17, 15) is 27.2 Å². The van der Waals surface area contributed by atoms with Gasteiger partial charge in [-0.1, -0.05) is 6.42 Å². The molecule has 1 aromatic carbocycles. The van der Waals surface area contributed by atoms with Crippen LogP contribution in [-0.4, -0.2) is 54.9 Å². The van der Waals surface area contributed by atoms with Crippen molar-refractivity contribution in [1.82, 2.24) is 9.29 Å². The summed E-state index contributed by atoms with van der Waals surface area (Å²) in [5.41, 5.74) is 1.39. The molecule has 1 aliphatic heterocycles. The number of H-pyrrole nitrogens is 1. The summed E-state index contributed by atoms with van der Waals surface area (Å²) < 4.78 is 46.2. The van der Waals surface area contributed by atoms with Crippen LogP contribution in [0.1, 0.15) is 68.6 Å². The van der Waals surface area contributed by atoms with Gasteiger partial charge in [0.05, 0.1) is 11.3 Å². The molecule has 2 aromatic rings. The lowest BCUT2D eigenvalue weighted by molar-refractivity contribution is 0.0473.